The van der Waals surface area contributed by atoms with Gasteiger partial charge in [0.1, 0.15) is 5.04 Å². The third-order valence-electron chi connectivity index (χ3n) is 7.31. The van der Waals surface area contributed by atoms with Crippen LogP contribution in [0.25, 0.3) is 33.4 Å². The van der Waals surface area contributed by atoms with Crippen molar-refractivity contribution < 1.29 is 0 Å². The average Bonchev–Trinajstić information content (AvgIpc) is 3.34. The Hall–Kier alpha value is -5.32. The molecule has 6 aromatic carbocycles. The lowest BCUT2D eigenvalue weighted by atomic mass is 10.0. The highest BCUT2D eigenvalue weighted by molar-refractivity contribution is 8.13. The van der Waals surface area contributed by atoms with Crippen LogP contribution in [0.5, 0.6) is 0 Å². The SMILES string of the molecule is c1ccc(-c2cccc(C3=NSC(c4cccc(-c5ccccc5)c4)=NC(c4cccc(-c5ccccc5)c4)=N3)c2)cc1. The molecule has 0 saturated heterocycles. The molecule has 0 radical (unpaired) electrons. The number of benzene rings is 6. The highest BCUT2D eigenvalue weighted by Crippen LogP contribution is 2.28. The molecule has 43 heavy (non-hydrogen) atoms. The summed E-state index contributed by atoms with van der Waals surface area (Å²) in [5.41, 5.74) is 9.72. The number of rotatable bonds is 6. The monoisotopic (exact) mass is 569 g/mol. The van der Waals surface area contributed by atoms with E-state index in [1.165, 1.54) is 11.9 Å². The summed E-state index contributed by atoms with van der Waals surface area (Å²) in [7, 11) is 0. The van der Waals surface area contributed by atoms with Gasteiger partial charge >= 0.3 is 0 Å². The van der Waals surface area contributed by atoms with Gasteiger partial charge in [0.25, 0.3) is 0 Å². The fraction of sp³-hybridized carbons (Fsp3) is 0. The topological polar surface area (TPSA) is 37.1 Å². The molecular weight excluding hydrogens is 543 g/mol. The highest BCUT2D eigenvalue weighted by atomic mass is 32.2. The first-order chi connectivity index (χ1) is 21.3. The second-order valence-corrected chi connectivity index (χ2v) is 11.0. The minimum absolute atomic E-state index is 0.631. The van der Waals surface area contributed by atoms with Gasteiger partial charge in [-0.1, -0.05) is 146 Å². The summed E-state index contributed by atoms with van der Waals surface area (Å²) in [5, 5.41) is 0.802. The van der Waals surface area contributed by atoms with E-state index in [0.717, 1.165) is 55.1 Å². The van der Waals surface area contributed by atoms with E-state index >= 15 is 0 Å². The maximum absolute atomic E-state index is 5.16. The highest BCUT2D eigenvalue weighted by Gasteiger charge is 2.17. The number of amidine groups is 2. The lowest BCUT2D eigenvalue weighted by molar-refractivity contribution is 1.48. The van der Waals surface area contributed by atoms with Crippen molar-refractivity contribution in [1.29, 1.82) is 0 Å². The van der Waals surface area contributed by atoms with Crippen LogP contribution in [0.3, 0.4) is 0 Å². The van der Waals surface area contributed by atoms with Gasteiger partial charge in [-0.3, -0.25) is 0 Å². The second-order valence-electron chi connectivity index (χ2n) is 10.2. The van der Waals surface area contributed by atoms with Crippen molar-refractivity contribution in [3.63, 3.8) is 0 Å². The Morgan fingerprint density at radius 3 is 1.16 bits per heavy atom. The zero-order valence-corrected chi connectivity index (χ0v) is 24.2. The zero-order valence-electron chi connectivity index (χ0n) is 23.3. The van der Waals surface area contributed by atoms with E-state index in [0.29, 0.717) is 11.7 Å². The van der Waals surface area contributed by atoms with E-state index in [-0.39, 0.29) is 0 Å². The molecule has 204 valence electrons. The molecule has 0 spiro atoms. The number of aliphatic imine (C=N–C) groups is 2. The van der Waals surface area contributed by atoms with Crippen LogP contribution in [-0.4, -0.2) is 16.7 Å². The molecule has 1 aliphatic heterocycles. The summed E-state index contributed by atoms with van der Waals surface area (Å²) in [6, 6.07) is 56.5. The normalized spacial score (nSPS) is 13.0. The van der Waals surface area contributed by atoms with Gasteiger partial charge in [-0.2, -0.15) is 4.40 Å². The van der Waals surface area contributed by atoms with E-state index < -0.39 is 0 Å². The Kier molecular flexibility index (Phi) is 7.58. The van der Waals surface area contributed by atoms with E-state index in [1.54, 1.807) is 0 Å². The van der Waals surface area contributed by atoms with Crippen LogP contribution in [-0.2, 0) is 0 Å². The largest absolute Gasteiger partial charge is 0.219 e. The molecule has 0 unspecified atom stereocenters. The van der Waals surface area contributed by atoms with Crippen molar-refractivity contribution in [3.05, 3.63) is 180 Å². The molecule has 0 atom stereocenters. The molecule has 0 N–H and O–H groups in total. The molecule has 3 nitrogen and oxygen atoms in total. The second kappa shape index (κ2) is 12.3. The third-order valence-corrected chi connectivity index (χ3v) is 8.07. The lowest BCUT2D eigenvalue weighted by Crippen LogP contribution is -2.05. The minimum Gasteiger partial charge on any atom is -0.219 e. The van der Waals surface area contributed by atoms with Crippen molar-refractivity contribution in [1.82, 2.24) is 0 Å². The standard InChI is InChI=1S/C39H27N3S/c1-4-13-28(14-5-1)31-19-10-22-34(25-31)37-40-38(35-23-11-20-32(26-35)29-15-6-2-7-16-29)42-43-39(41-37)36-24-12-21-33(27-36)30-17-8-3-9-18-30/h1-27H. The van der Waals surface area contributed by atoms with E-state index in [2.05, 4.69) is 146 Å². The van der Waals surface area contributed by atoms with Gasteiger partial charge in [0.05, 0.1) is 0 Å². The number of nitrogens with zero attached hydrogens (tertiary/aromatic N) is 3. The van der Waals surface area contributed by atoms with Crippen LogP contribution in [0.15, 0.2) is 178 Å². The van der Waals surface area contributed by atoms with Crippen LogP contribution in [0.1, 0.15) is 16.7 Å². The quantitative estimate of drug-likeness (QED) is 0.184. The van der Waals surface area contributed by atoms with Crippen LogP contribution < -0.4 is 0 Å². The Morgan fingerprint density at radius 2 is 0.674 bits per heavy atom. The molecule has 1 heterocycles. The van der Waals surface area contributed by atoms with Crippen LogP contribution >= 0.6 is 11.9 Å². The molecule has 6 aromatic rings. The van der Waals surface area contributed by atoms with Gasteiger partial charge in [0.15, 0.2) is 11.7 Å². The van der Waals surface area contributed by atoms with Crippen LogP contribution in [0.2, 0.25) is 0 Å². The van der Waals surface area contributed by atoms with E-state index in [4.69, 9.17) is 14.4 Å². The first kappa shape index (κ1) is 26.6. The van der Waals surface area contributed by atoms with Gasteiger partial charge in [-0.25, -0.2) is 9.98 Å². The Bertz CT molecular complexity index is 1980. The Balaban J connectivity index is 1.33. The molecule has 7 rings (SSSR count). The van der Waals surface area contributed by atoms with Gasteiger partial charge in [-0.15, -0.1) is 0 Å². The zero-order chi connectivity index (χ0) is 28.8. The van der Waals surface area contributed by atoms with Gasteiger partial charge in [-0.05, 0) is 51.6 Å². The van der Waals surface area contributed by atoms with Gasteiger partial charge in [0, 0.05) is 28.6 Å². The number of hydrogen-bond acceptors (Lipinski definition) is 4. The van der Waals surface area contributed by atoms with Crippen molar-refractivity contribution in [2.24, 2.45) is 14.4 Å². The number of hydrogen-bond donors (Lipinski definition) is 0. The Morgan fingerprint density at radius 1 is 0.302 bits per heavy atom. The summed E-state index contributed by atoms with van der Waals surface area (Å²) in [6.07, 6.45) is 0. The Labute approximate surface area is 256 Å². The fourth-order valence-corrected chi connectivity index (χ4v) is 5.79. The molecule has 0 amide bonds. The van der Waals surface area contributed by atoms with Crippen LogP contribution in [0, 0.1) is 0 Å². The maximum atomic E-state index is 5.16. The predicted octanol–water partition coefficient (Wildman–Crippen LogP) is 9.99. The van der Waals surface area contributed by atoms with Crippen molar-refractivity contribution in [2.75, 3.05) is 0 Å². The van der Waals surface area contributed by atoms with Crippen molar-refractivity contribution in [3.8, 4) is 33.4 Å². The molecule has 0 fully saturated rings. The molecule has 0 saturated carbocycles. The summed E-state index contributed by atoms with van der Waals surface area (Å²) in [4.78, 5) is 10.3. The minimum atomic E-state index is 0.631. The molecular formula is C39H27N3S. The fourth-order valence-electron chi connectivity index (χ4n) is 5.11. The van der Waals surface area contributed by atoms with Crippen LogP contribution in [0.4, 0.5) is 0 Å². The molecule has 0 aliphatic carbocycles. The summed E-state index contributed by atoms with van der Waals surface area (Å²) in [5.74, 6) is 1.27. The van der Waals surface area contributed by atoms with Gasteiger partial charge < -0.3 is 0 Å². The first-order valence-corrected chi connectivity index (χ1v) is 15.0. The molecule has 0 aromatic heterocycles. The maximum Gasteiger partial charge on any atom is 0.169 e. The van der Waals surface area contributed by atoms with Gasteiger partial charge in [0.2, 0.25) is 0 Å². The van der Waals surface area contributed by atoms with E-state index in [9.17, 15) is 0 Å². The predicted molar refractivity (Wildman–Crippen MR) is 183 cm³/mol. The summed E-state index contributed by atoms with van der Waals surface area (Å²) in [6.45, 7) is 0. The van der Waals surface area contributed by atoms with E-state index in [1.807, 2.05) is 18.2 Å². The third kappa shape index (κ3) is 6.01. The summed E-state index contributed by atoms with van der Waals surface area (Å²) < 4.78 is 4.96. The smallest absolute Gasteiger partial charge is 0.169 e. The molecule has 4 heteroatoms. The summed E-state index contributed by atoms with van der Waals surface area (Å²) >= 11 is 1.37. The lowest BCUT2D eigenvalue weighted by Gasteiger charge is -2.08. The first-order valence-electron chi connectivity index (χ1n) is 14.2. The molecule has 1 aliphatic rings. The molecule has 0 bridgehead atoms. The average molecular weight is 570 g/mol. The van der Waals surface area contributed by atoms with Crippen molar-refractivity contribution in [2.45, 2.75) is 0 Å². The van der Waals surface area contributed by atoms with Crippen molar-refractivity contribution >= 4 is 28.7 Å².